The summed E-state index contributed by atoms with van der Waals surface area (Å²) in [5.41, 5.74) is 7.16. The molecule has 2 N–H and O–H groups in total. The van der Waals surface area contributed by atoms with Crippen LogP contribution >= 0.6 is 0 Å². The normalized spacial score (nSPS) is 38.7. The van der Waals surface area contributed by atoms with Crippen LogP contribution in [-0.4, -0.2) is 38.3 Å². The van der Waals surface area contributed by atoms with Crippen LogP contribution in [0.4, 0.5) is 0 Å². The van der Waals surface area contributed by atoms with Crippen molar-refractivity contribution >= 4 is 0 Å². The molecule has 0 aliphatic carbocycles. The first kappa shape index (κ1) is 13.0. The van der Waals surface area contributed by atoms with E-state index in [0.29, 0.717) is 13.0 Å². The van der Waals surface area contributed by atoms with E-state index >= 15 is 0 Å². The lowest BCUT2D eigenvalue weighted by atomic mass is 9.98. The van der Waals surface area contributed by atoms with Crippen LogP contribution in [0.25, 0.3) is 0 Å². The van der Waals surface area contributed by atoms with Gasteiger partial charge in [0.25, 0.3) is 0 Å². The van der Waals surface area contributed by atoms with Crippen molar-refractivity contribution in [2.24, 2.45) is 5.73 Å². The van der Waals surface area contributed by atoms with E-state index in [1.54, 1.807) is 7.11 Å². The van der Waals surface area contributed by atoms with Gasteiger partial charge in [0.05, 0.1) is 6.61 Å². The van der Waals surface area contributed by atoms with Crippen molar-refractivity contribution < 1.29 is 18.9 Å². The third-order valence-corrected chi connectivity index (χ3v) is 3.61. The van der Waals surface area contributed by atoms with Gasteiger partial charge in [0.15, 0.2) is 12.6 Å². The van der Waals surface area contributed by atoms with Crippen molar-refractivity contribution in [3.8, 4) is 0 Å². The molecule has 19 heavy (non-hydrogen) atoms. The number of hydrogen-bond acceptors (Lipinski definition) is 5. The lowest BCUT2D eigenvalue weighted by Gasteiger charge is -2.44. The van der Waals surface area contributed by atoms with Crippen LogP contribution in [0.5, 0.6) is 0 Å². The van der Waals surface area contributed by atoms with Crippen molar-refractivity contribution in [3.05, 3.63) is 35.9 Å². The number of nitrogens with two attached hydrogens (primary N) is 1. The van der Waals surface area contributed by atoms with Crippen LogP contribution in [0.2, 0.25) is 0 Å². The molecule has 2 aliphatic heterocycles. The van der Waals surface area contributed by atoms with E-state index in [-0.39, 0.29) is 30.8 Å². The van der Waals surface area contributed by atoms with Gasteiger partial charge in [0.1, 0.15) is 12.2 Å². The molecule has 0 amide bonds. The number of rotatable bonds is 2. The van der Waals surface area contributed by atoms with Crippen molar-refractivity contribution in [2.45, 2.75) is 37.3 Å². The predicted octanol–water partition coefficient (Wildman–Crippen LogP) is 1.19. The largest absolute Gasteiger partial charge is 0.356 e. The molecular formula is C14H19NO4. The molecule has 104 valence electrons. The molecule has 1 aromatic rings. The molecule has 0 radical (unpaired) electrons. The minimum absolute atomic E-state index is 0.0983. The van der Waals surface area contributed by atoms with Gasteiger partial charge < -0.3 is 24.7 Å². The summed E-state index contributed by atoms with van der Waals surface area (Å²) >= 11 is 0. The summed E-state index contributed by atoms with van der Waals surface area (Å²) in [7, 11) is 1.62. The van der Waals surface area contributed by atoms with Gasteiger partial charge in [-0.15, -0.1) is 0 Å². The Bertz CT molecular complexity index is 413. The molecule has 2 aliphatic rings. The summed E-state index contributed by atoms with van der Waals surface area (Å²) in [6.07, 6.45) is -0.300. The molecule has 0 spiro atoms. The first-order valence-electron chi connectivity index (χ1n) is 6.54. The third kappa shape index (κ3) is 2.66. The van der Waals surface area contributed by atoms with Gasteiger partial charge in [-0.1, -0.05) is 30.3 Å². The highest BCUT2D eigenvalue weighted by Gasteiger charge is 2.43. The summed E-state index contributed by atoms with van der Waals surface area (Å²) < 4.78 is 22.6. The molecule has 0 saturated carbocycles. The maximum absolute atomic E-state index is 6.16. The second-order valence-electron chi connectivity index (χ2n) is 4.92. The molecule has 0 unspecified atom stereocenters. The fraction of sp³-hybridized carbons (Fsp3) is 0.571. The summed E-state index contributed by atoms with van der Waals surface area (Å²) in [6.45, 7) is 0.470. The van der Waals surface area contributed by atoms with E-state index in [2.05, 4.69) is 0 Å². The molecular weight excluding hydrogens is 246 g/mol. The van der Waals surface area contributed by atoms with Gasteiger partial charge in [-0.2, -0.15) is 0 Å². The highest BCUT2D eigenvalue weighted by Crippen LogP contribution is 2.33. The highest BCUT2D eigenvalue weighted by atomic mass is 16.7. The lowest BCUT2D eigenvalue weighted by Crippen LogP contribution is -2.58. The summed E-state index contributed by atoms with van der Waals surface area (Å²) in [6, 6.07) is 9.77. The van der Waals surface area contributed by atoms with Crippen LogP contribution in [0, 0.1) is 0 Å². The Morgan fingerprint density at radius 3 is 2.74 bits per heavy atom. The molecule has 5 heteroatoms. The van der Waals surface area contributed by atoms with Gasteiger partial charge in [-0.05, 0) is 0 Å². The van der Waals surface area contributed by atoms with Crippen LogP contribution < -0.4 is 5.73 Å². The summed E-state index contributed by atoms with van der Waals surface area (Å²) in [4.78, 5) is 0. The van der Waals surface area contributed by atoms with Crippen molar-refractivity contribution in [2.75, 3.05) is 13.7 Å². The average Bonchev–Trinajstić information content (AvgIpc) is 2.47. The maximum Gasteiger partial charge on any atom is 0.184 e. The van der Waals surface area contributed by atoms with Gasteiger partial charge >= 0.3 is 0 Å². The van der Waals surface area contributed by atoms with E-state index in [4.69, 9.17) is 24.7 Å². The van der Waals surface area contributed by atoms with Gasteiger partial charge in [-0.3, -0.25) is 0 Å². The van der Waals surface area contributed by atoms with Crippen LogP contribution in [0.15, 0.2) is 30.3 Å². The average molecular weight is 265 g/mol. The quantitative estimate of drug-likeness (QED) is 0.870. The Morgan fingerprint density at radius 2 is 2.00 bits per heavy atom. The molecule has 1 aromatic carbocycles. The lowest BCUT2D eigenvalue weighted by molar-refractivity contribution is -0.317. The minimum Gasteiger partial charge on any atom is -0.356 e. The zero-order chi connectivity index (χ0) is 13.2. The fourth-order valence-corrected chi connectivity index (χ4v) is 2.58. The van der Waals surface area contributed by atoms with E-state index < -0.39 is 0 Å². The van der Waals surface area contributed by atoms with E-state index in [0.717, 1.165) is 5.56 Å². The number of benzene rings is 1. The Kier molecular flexibility index (Phi) is 3.81. The summed E-state index contributed by atoms with van der Waals surface area (Å²) in [5.74, 6) is 0. The zero-order valence-corrected chi connectivity index (χ0v) is 10.9. The summed E-state index contributed by atoms with van der Waals surface area (Å²) in [5, 5.41) is 0. The Hall–Kier alpha value is -0.980. The van der Waals surface area contributed by atoms with Gasteiger partial charge in [0.2, 0.25) is 0 Å². The van der Waals surface area contributed by atoms with E-state index in [1.165, 1.54) is 0 Å². The fourth-order valence-electron chi connectivity index (χ4n) is 2.58. The maximum atomic E-state index is 6.16. The van der Waals surface area contributed by atoms with Crippen LogP contribution in [-0.2, 0) is 18.9 Å². The number of hydrogen-bond donors (Lipinski definition) is 1. The monoisotopic (exact) mass is 265 g/mol. The minimum atomic E-state index is -0.365. The molecule has 2 saturated heterocycles. The van der Waals surface area contributed by atoms with Gasteiger partial charge in [-0.25, -0.2) is 0 Å². The Morgan fingerprint density at radius 1 is 1.21 bits per heavy atom. The topological polar surface area (TPSA) is 62.9 Å². The highest BCUT2D eigenvalue weighted by molar-refractivity contribution is 5.16. The van der Waals surface area contributed by atoms with Crippen LogP contribution in [0.1, 0.15) is 18.3 Å². The molecule has 2 heterocycles. The second-order valence-corrected chi connectivity index (χ2v) is 4.92. The predicted molar refractivity (Wildman–Crippen MR) is 68.3 cm³/mol. The second kappa shape index (κ2) is 5.56. The molecule has 0 bridgehead atoms. The molecule has 2 fully saturated rings. The Labute approximate surface area is 112 Å². The molecule has 0 aromatic heterocycles. The Balaban J connectivity index is 1.70. The first-order chi connectivity index (χ1) is 9.28. The van der Waals surface area contributed by atoms with E-state index in [1.807, 2.05) is 30.3 Å². The van der Waals surface area contributed by atoms with Crippen molar-refractivity contribution in [1.29, 1.82) is 0 Å². The first-order valence-corrected chi connectivity index (χ1v) is 6.54. The zero-order valence-electron chi connectivity index (χ0n) is 10.9. The van der Waals surface area contributed by atoms with E-state index in [9.17, 15) is 0 Å². The molecule has 3 rings (SSSR count). The number of ether oxygens (including phenoxy) is 4. The van der Waals surface area contributed by atoms with Gasteiger partial charge in [0, 0.05) is 25.1 Å². The number of methoxy groups -OCH3 is 1. The van der Waals surface area contributed by atoms with Crippen LogP contribution in [0.3, 0.4) is 0 Å². The van der Waals surface area contributed by atoms with Crippen molar-refractivity contribution in [3.63, 3.8) is 0 Å². The standard InChI is InChI=1S/C14H19NO4/c1-16-12-7-10(15)13-11(18-12)8-17-14(19-13)9-5-3-2-4-6-9/h2-6,10-14H,7-8,15H2,1H3/t10-,11+,12-,13-,14+/m1/s1. The SMILES string of the molecule is CO[C@H]1C[C@@H](N)[C@H]2O[C@@H](c3ccccc3)OC[C@@H]2O1. The number of fused-ring (bicyclic) bond motifs is 1. The smallest absolute Gasteiger partial charge is 0.184 e. The molecule has 5 nitrogen and oxygen atoms in total. The molecule has 5 atom stereocenters. The third-order valence-electron chi connectivity index (χ3n) is 3.61. The van der Waals surface area contributed by atoms with Crippen molar-refractivity contribution in [1.82, 2.24) is 0 Å².